The number of nitrogens with zero attached hydrogens (tertiary/aromatic N) is 1. The van der Waals surface area contributed by atoms with Crippen molar-refractivity contribution in [1.29, 1.82) is 0 Å². The molecular weight excluding hydrogens is 220 g/mol. The lowest BCUT2D eigenvalue weighted by molar-refractivity contribution is 0.145. The Morgan fingerprint density at radius 3 is 2.67 bits per heavy atom. The average Bonchev–Trinajstić information content (AvgIpc) is 2.33. The van der Waals surface area contributed by atoms with Gasteiger partial charge in [0.1, 0.15) is 0 Å². The van der Waals surface area contributed by atoms with Gasteiger partial charge in [-0.3, -0.25) is 0 Å². The minimum absolute atomic E-state index is 0.761. The molecule has 0 aliphatic carbocycles. The van der Waals surface area contributed by atoms with Gasteiger partial charge in [-0.1, -0.05) is 40.5 Å². The smallest absolute Gasteiger partial charge is 0.0117 e. The zero-order valence-corrected chi connectivity index (χ0v) is 13.0. The molecule has 0 bridgehead atoms. The summed E-state index contributed by atoms with van der Waals surface area (Å²) in [7, 11) is 0. The third-order valence-corrected chi connectivity index (χ3v) is 4.15. The predicted octanol–water partition coefficient (Wildman–Crippen LogP) is 3.52. The largest absolute Gasteiger partial charge is 0.314 e. The van der Waals surface area contributed by atoms with Gasteiger partial charge in [-0.05, 0) is 50.7 Å². The summed E-state index contributed by atoms with van der Waals surface area (Å²) >= 11 is 0. The van der Waals surface area contributed by atoms with Crippen LogP contribution in [0.4, 0.5) is 0 Å². The number of rotatable bonds is 8. The van der Waals surface area contributed by atoms with E-state index in [2.05, 4.69) is 37.9 Å². The summed E-state index contributed by atoms with van der Waals surface area (Å²) in [6.45, 7) is 14.4. The van der Waals surface area contributed by atoms with Crippen LogP contribution in [0.25, 0.3) is 0 Å². The molecule has 1 aliphatic heterocycles. The van der Waals surface area contributed by atoms with Crippen molar-refractivity contribution in [2.75, 3.05) is 26.2 Å². The molecule has 1 aliphatic rings. The van der Waals surface area contributed by atoms with E-state index in [9.17, 15) is 0 Å². The van der Waals surface area contributed by atoms with Crippen LogP contribution in [0, 0.1) is 11.8 Å². The molecule has 0 amide bonds. The highest BCUT2D eigenvalue weighted by Gasteiger charge is 2.24. The van der Waals surface area contributed by atoms with E-state index in [1.165, 1.54) is 58.3 Å². The van der Waals surface area contributed by atoms with Gasteiger partial charge in [-0.25, -0.2) is 0 Å². The molecule has 0 aromatic rings. The van der Waals surface area contributed by atoms with Gasteiger partial charge in [0.2, 0.25) is 0 Å². The molecule has 1 N–H and O–H groups in total. The molecule has 108 valence electrons. The van der Waals surface area contributed by atoms with Crippen molar-refractivity contribution < 1.29 is 0 Å². The second-order valence-corrected chi connectivity index (χ2v) is 6.52. The Kier molecular flexibility index (Phi) is 7.92. The minimum Gasteiger partial charge on any atom is -0.314 e. The highest BCUT2D eigenvalue weighted by Crippen LogP contribution is 2.17. The lowest BCUT2D eigenvalue weighted by atomic mass is 9.93. The van der Waals surface area contributed by atoms with Crippen molar-refractivity contribution in [3.63, 3.8) is 0 Å². The van der Waals surface area contributed by atoms with E-state index in [4.69, 9.17) is 0 Å². The maximum Gasteiger partial charge on any atom is 0.0117 e. The predicted molar refractivity (Wildman–Crippen MR) is 81.0 cm³/mol. The molecule has 0 saturated carbocycles. The molecule has 0 radical (unpaired) electrons. The van der Waals surface area contributed by atoms with Gasteiger partial charge >= 0.3 is 0 Å². The molecule has 1 rings (SSSR count). The molecule has 1 fully saturated rings. The Morgan fingerprint density at radius 1 is 1.28 bits per heavy atom. The van der Waals surface area contributed by atoms with Crippen LogP contribution < -0.4 is 5.32 Å². The number of likely N-dealkylation sites (tertiary alicyclic amines) is 1. The van der Waals surface area contributed by atoms with Gasteiger partial charge in [0.15, 0.2) is 0 Å². The lowest BCUT2D eigenvalue weighted by Crippen LogP contribution is -2.48. The average molecular weight is 254 g/mol. The van der Waals surface area contributed by atoms with Crippen LogP contribution in [-0.4, -0.2) is 37.1 Å². The van der Waals surface area contributed by atoms with Crippen LogP contribution in [0.2, 0.25) is 0 Å². The van der Waals surface area contributed by atoms with Gasteiger partial charge in [0.25, 0.3) is 0 Å². The van der Waals surface area contributed by atoms with Crippen molar-refractivity contribution in [1.82, 2.24) is 10.2 Å². The molecular formula is C16H34N2. The minimum atomic E-state index is 0.761. The third kappa shape index (κ3) is 6.19. The molecule has 2 heteroatoms. The maximum absolute atomic E-state index is 3.70. The topological polar surface area (TPSA) is 15.3 Å². The van der Waals surface area contributed by atoms with Gasteiger partial charge < -0.3 is 10.2 Å². The van der Waals surface area contributed by atoms with Crippen LogP contribution in [0.5, 0.6) is 0 Å². The van der Waals surface area contributed by atoms with Crippen molar-refractivity contribution in [2.24, 2.45) is 11.8 Å². The molecule has 2 nitrogen and oxygen atoms in total. The Morgan fingerprint density at radius 2 is 2.06 bits per heavy atom. The normalized spacial score (nSPS) is 25.8. The van der Waals surface area contributed by atoms with Crippen molar-refractivity contribution in [3.8, 4) is 0 Å². The standard InChI is InChI=1S/C16H34N2/c1-5-10-17-16-9-12-18(13-15(16)4)11-7-6-8-14(2)3/h14-17H,5-13H2,1-4H3. The van der Waals surface area contributed by atoms with Crippen LogP contribution in [0.3, 0.4) is 0 Å². The van der Waals surface area contributed by atoms with E-state index in [0.29, 0.717) is 0 Å². The highest BCUT2D eigenvalue weighted by molar-refractivity contribution is 4.82. The summed E-state index contributed by atoms with van der Waals surface area (Å²) in [4.78, 5) is 2.68. The lowest BCUT2D eigenvalue weighted by Gasteiger charge is -2.37. The quantitative estimate of drug-likeness (QED) is 0.667. The summed E-state index contributed by atoms with van der Waals surface area (Å²) in [5, 5.41) is 3.70. The van der Waals surface area contributed by atoms with E-state index in [-0.39, 0.29) is 0 Å². The fourth-order valence-corrected chi connectivity index (χ4v) is 2.96. The molecule has 0 aromatic heterocycles. The first kappa shape index (κ1) is 16.0. The zero-order valence-electron chi connectivity index (χ0n) is 13.0. The Labute approximate surface area is 115 Å². The summed E-state index contributed by atoms with van der Waals surface area (Å²) in [5.74, 6) is 1.68. The summed E-state index contributed by atoms with van der Waals surface area (Å²) in [6.07, 6.45) is 6.77. The maximum atomic E-state index is 3.70. The summed E-state index contributed by atoms with van der Waals surface area (Å²) in [5.41, 5.74) is 0. The molecule has 18 heavy (non-hydrogen) atoms. The van der Waals surface area contributed by atoms with Crippen molar-refractivity contribution >= 4 is 0 Å². The monoisotopic (exact) mass is 254 g/mol. The first-order valence-electron chi connectivity index (χ1n) is 8.09. The number of piperidine rings is 1. The number of unbranched alkanes of at least 4 members (excludes halogenated alkanes) is 1. The van der Waals surface area contributed by atoms with E-state index in [0.717, 1.165) is 17.9 Å². The molecule has 1 heterocycles. The van der Waals surface area contributed by atoms with Crippen LogP contribution in [0.15, 0.2) is 0 Å². The van der Waals surface area contributed by atoms with Crippen molar-refractivity contribution in [2.45, 2.75) is 65.8 Å². The molecule has 1 saturated heterocycles. The Hall–Kier alpha value is -0.0800. The fourth-order valence-electron chi connectivity index (χ4n) is 2.96. The molecule has 0 spiro atoms. The first-order valence-corrected chi connectivity index (χ1v) is 8.09. The van der Waals surface area contributed by atoms with E-state index in [1.807, 2.05) is 0 Å². The Balaban J connectivity index is 2.12. The highest BCUT2D eigenvalue weighted by atomic mass is 15.1. The van der Waals surface area contributed by atoms with E-state index in [1.54, 1.807) is 0 Å². The van der Waals surface area contributed by atoms with Gasteiger partial charge in [0.05, 0.1) is 0 Å². The number of hydrogen-bond donors (Lipinski definition) is 1. The second kappa shape index (κ2) is 8.92. The summed E-state index contributed by atoms with van der Waals surface area (Å²) < 4.78 is 0. The van der Waals surface area contributed by atoms with Crippen LogP contribution in [0.1, 0.15) is 59.8 Å². The third-order valence-electron chi connectivity index (χ3n) is 4.15. The van der Waals surface area contributed by atoms with E-state index < -0.39 is 0 Å². The van der Waals surface area contributed by atoms with Gasteiger partial charge in [-0.2, -0.15) is 0 Å². The van der Waals surface area contributed by atoms with Crippen molar-refractivity contribution in [3.05, 3.63) is 0 Å². The zero-order chi connectivity index (χ0) is 13.4. The second-order valence-electron chi connectivity index (χ2n) is 6.52. The fraction of sp³-hybridized carbons (Fsp3) is 1.00. The van der Waals surface area contributed by atoms with Crippen LogP contribution >= 0.6 is 0 Å². The van der Waals surface area contributed by atoms with Gasteiger partial charge in [-0.15, -0.1) is 0 Å². The Bertz CT molecular complexity index is 203. The molecule has 0 aromatic carbocycles. The summed E-state index contributed by atoms with van der Waals surface area (Å²) in [6, 6.07) is 0.761. The molecule has 2 atom stereocenters. The first-order chi connectivity index (χ1) is 8.63. The van der Waals surface area contributed by atoms with Crippen LogP contribution in [-0.2, 0) is 0 Å². The SMILES string of the molecule is CCCNC1CCN(CCCCC(C)C)CC1C. The number of hydrogen-bond acceptors (Lipinski definition) is 2. The number of nitrogens with one attached hydrogen (secondary N) is 1. The molecule has 2 unspecified atom stereocenters. The van der Waals surface area contributed by atoms with E-state index >= 15 is 0 Å². The van der Waals surface area contributed by atoms with Gasteiger partial charge in [0, 0.05) is 12.6 Å².